The van der Waals surface area contributed by atoms with Crippen molar-refractivity contribution in [1.82, 2.24) is 5.32 Å². The van der Waals surface area contributed by atoms with Crippen LogP contribution in [0.3, 0.4) is 0 Å². The molecule has 2 rings (SSSR count). The Balaban J connectivity index is 2.28. The quantitative estimate of drug-likeness (QED) is 0.635. The van der Waals surface area contributed by atoms with E-state index in [2.05, 4.69) is 17.6 Å². The second-order valence-corrected chi connectivity index (χ2v) is 6.22. The summed E-state index contributed by atoms with van der Waals surface area (Å²) in [7, 11) is 1.53. The van der Waals surface area contributed by atoms with Crippen molar-refractivity contribution in [2.24, 2.45) is 11.1 Å². The molecule has 0 spiro atoms. The van der Waals surface area contributed by atoms with Gasteiger partial charge in [-0.25, -0.2) is 0 Å². The molecule has 2 amide bonds. The van der Waals surface area contributed by atoms with Crippen LogP contribution < -0.4 is 22.1 Å². The normalized spacial score (nSPS) is 15.7. The Hall–Kier alpha value is -1.76. The number of anilines is 2. The van der Waals surface area contributed by atoms with Crippen LogP contribution in [0.5, 0.6) is 0 Å². The number of nitrogens with one attached hydrogen (secondary N) is 2. The molecule has 1 aliphatic carbocycles. The lowest BCUT2D eigenvalue weighted by atomic mass is 10.0. The Morgan fingerprint density at radius 1 is 1.40 bits per heavy atom. The fourth-order valence-corrected chi connectivity index (χ4v) is 3.17. The van der Waals surface area contributed by atoms with Gasteiger partial charge in [-0.1, -0.05) is 6.92 Å². The van der Waals surface area contributed by atoms with Crippen molar-refractivity contribution in [2.45, 2.75) is 26.2 Å². The zero-order valence-electron chi connectivity index (χ0n) is 11.7. The Kier molecular flexibility index (Phi) is 3.89. The van der Waals surface area contributed by atoms with Crippen LogP contribution in [0.2, 0.25) is 0 Å². The third-order valence-electron chi connectivity index (χ3n) is 3.95. The number of carbonyl (C=O) groups excluding carboxylic acids is 2. The molecule has 6 nitrogen and oxygen atoms in total. The number of carbonyl (C=O) groups is 2. The van der Waals surface area contributed by atoms with Crippen molar-refractivity contribution in [3.63, 3.8) is 0 Å². The molecule has 0 unspecified atom stereocenters. The van der Waals surface area contributed by atoms with Gasteiger partial charge in [-0.2, -0.15) is 0 Å². The predicted molar refractivity (Wildman–Crippen MR) is 81.1 cm³/mol. The van der Waals surface area contributed by atoms with Crippen LogP contribution in [0.4, 0.5) is 10.7 Å². The summed E-state index contributed by atoms with van der Waals surface area (Å²) in [6.07, 6.45) is 3.48. The number of thiophene rings is 1. The molecule has 110 valence electrons. The van der Waals surface area contributed by atoms with E-state index in [1.165, 1.54) is 19.9 Å². The van der Waals surface area contributed by atoms with E-state index in [9.17, 15) is 9.59 Å². The molecule has 1 heterocycles. The number of nitrogen functional groups attached to an aromatic ring is 1. The van der Waals surface area contributed by atoms with Gasteiger partial charge in [0.15, 0.2) is 0 Å². The van der Waals surface area contributed by atoms with Gasteiger partial charge in [0.2, 0.25) is 0 Å². The van der Waals surface area contributed by atoms with Crippen LogP contribution in [0.25, 0.3) is 0 Å². The van der Waals surface area contributed by atoms with E-state index >= 15 is 0 Å². The summed E-state index contributed by atoms with van der Waals surface area (Å²) in [5.41, 5.74) is 12.0. The largest absolute Gasteiger partial charge is 0.397 e. The summed E-state index contributed by atoms with van der Waals surface area (Å²) in [6, 6.07) is 0. The second-order valence-electron chi connectivity index (χ2n) is 5.20. The maximum Gasteiger partial charge on any atom is 0.260 e. The van der Waals surface area contributed by atoms with Crippen LogP contribution in [-0.2, 0) is 0 Å². The molecule has 0 aliphatic heterocycles. The number of amides is 2. The van der Waals surface area contributed by atoms with Crippen molar-refractivity contribution in [1.29, 1.82) is 0 Å². The second kappa shape index (κ2) is 5.32. The highest BCUT2D eigenvalue weighted by atomic mass is 32.1. The van der Waals surface area contributed by atoms with E-state index in [1.807, 2.05) is 0 Å². The van der Waals surface area contributed by atoms with Gasteiger partial charge in [-0.3, -0.25) is 9.59 Å². The molecule has 1 aromatic rings. The SMILES string of the molecule is CCC1(CNc2sc(C(N)=O)c(N)c2C(=O)NC)CC1. The Morgan fingerprint density at radius 3 is 2.50 bits per heavy atom. The zero-order chi connectivity index (χ0) is 14.9. The predicted octanol–water partition coefficient (Wildman–Crippen LogP) is 1.39. The summed E-state index contributed by atoms with van der Waals surface area (Å²) >= 11 is 1.15. The van der Waals surface area contributed by atoms with Gasteiger partial charge in [0.05, 0.1) is 11.3 Å². The van der Waals surface area contributed by atoms with E-state index in [0.717, 1.165) is 24.3 Å². The molecule has 7 heteroatoms. The van der Waals surface area contributed by atoms with Gasteiger partial charge in [-0.15, -0.1) is 11.3 Å². The maximum absolute atomic E-state index is 11.9. The first kappa shape index (κ1) is 14.6. The zero-order valence-corrected chi connectivity index (χ0v) is 12.5. The average molecular weight is 296 g/mol. The van der Waals surface area contributed by atoms with Gasteiger partial charge >= 0.3 is 0 Å². The monoisotopic (exact) mass is 296 g/mol. The third-order valence-corrected chi connectivity index (χ3v) is 5.13. The van der Waals surface area contributed by atoms with Crippen molar-refractivity contribution >= 4 is 33.8 Å². The summed E-state index contributed by atoms with van der Waals surface area (Å²) in [5, 5.41) is 6.43. The minimum Gasteiger partial charge on any atom is -0.397 e. The fourth-order valence-electron chi connectivity index (χ4n) is 2.20. The van der Waals surface area contributed by atoms with Crippen molar-refractivity contribution in [3.05, 3.63) is 10.4 Å². The molecule has 6 N–H and O–H groups in total. The smallest absolute Gasteiger partial charge is 0.260 e. The number of rotatable bonds is 6. The molecule has 1 aliphatic rings. The van der Waals surface area contributed by atoms with Crippen molar-refractivity contribution < 1.29 is 9.59 Å². The summed E-state index contributed by atoms with van der Waals surface area (Å²) in [4.78, 5) is 23.5. The van der Waals surface area contributed by atoms with Crippen LogP contribution in [-0.4, -0.2) is 25.4 Å². The van der Waals surface area contributed by atoms with E-state index < -0.39 is 5.91 Å². The van der Waals surface area contributed by atoms with E-state index in [0.29, 0.717) is 16.0 Å². The molecule has 0 bridgehead atoms. The lowest BCUT2D eigenvalue weighted by molar-refractivity contribution is 0.0964. The molecule has 20 heavy (non-hydrogen) atoms. The maximum atomic E-state index is 11.9. The Morgan fingerprint density at radius 2 is 2.05 bits per heavy atom. The van der Waals surface area contributed by atoms with Gasteiger partial charge in [0.25, 0.3) is 11.8 Å². The van der Waals surface area contributed by atoms with Crippen molar-refractivity contribution in [3.8, 4) is 0 Å². The highest BCUT2D eigenvalue weighted by Crippen LogP contribution is 2.49. The molecule has 1 saturated carbocycles. The highest BCUT2D eigenvalue weighted by Gasteiger charge is 2.40. The summed E-state index contributed by atoms with van der Waals surface area (Å²) in [5.74, 6) is -0.919. The van der Waals surface area contributed by atoms with E-state index in [4.69, 9.17) is 11.5 Å². The van der Waals surface area contributed by atoms with Crippen molar-refractivity contribution in [2.75, 3.05) is 24.6 Å². The number of primary amides is 1. The Bertz CT molecular complexity index is 549. The highest BCUT2D eigenvalue weighted by molar-refractivity contribution is 7.19. The average Bonchev–Trinajstić information content (AvgIpc) is 3.13. The van der Waals surface area contributed by atoms with Crippen LogP contribution >= 0.6 is 11.3 Å². The van der Waals surface area contributed by atoms with Crippen LogP contribution in [0.15, 0.2) is 0 Å². The minimum absolute atomic E-state index is 0.158. The number of hydrogen-bond acceptors (Lipinski definition) is 5. The third kappa shape index (κ3) is 2.58. The molecule has 0 aromatic carbocycles. The first-order chi connectivity index (χ1) is 9.44. The first-order valence-corrected chi connectivity index (χ1v) is 7.44. The van der Waals surface area contributed by atoms with Gasteiger partial charge in [0, 0.05) is 13.6 Å². The lowest BCUT2D eigenvalue weighted by Gasteiger charge is -2.14. The minimum atomic E-state index is -0.609. The molecular formula is C13H20N4O2S. The molecule has 0 saturated heterocycles. The standard InChI is InChI=1S/C13H20N4O2S/c1-3-13(4-5-13)6-17-12-7(11(19)16-2)8(14)9(20-12)10(15)18/h17H,3-6,14H2,1-2H3,(H2,15,18)(H,16,19). The van der Waals surface area contributed by atoms with Gasteiger partial charge in [-0.05, 0) is 24.7 Å². The number of hydrogen-bond donors (Lipinski definition) is 4. The van der Waals surface area contributed by atoms with Crippen LogP contribution in [0, 0.1) is 5.41 Å². The molecule has 0 radical (unpaired) electrons. The van der Waals surface area contributed by atoms with Gasteiger partial charge < -0.3 is 22.1 Å². The molecule has 0 atom stereocenters. The van der Waals surface area contributed by atoms with E-state index in [-0.39, 0.29) is 16.5 Å². The lowest BCUT2D eigenvalue weighted by Crippen LogP contribution is -2.22. The fraction of sp³-hybridized carbons (Fsp3) is 0.538. The topological polar surface area (TPSA) is 110 Å². The molecule has 1 aromatic heterocycles. The Labute approximate surface area is 121 Å². The summed E-state index contributed by atoms with van der Waals surface area (Å²) in [6.45, 7) is 2.94. The first-order valence-electron chi connectivity index (χ1n) is 6.62. The summed E-state index contributed by atoms with van der Waals surface area (Å²) < 4.78 is 0. The van der Waals surface area contributed by atoms with Gasteiger partial charge in [0.1, 0.15) is 9.88 Å². The van der Waals surface area contributed by atoms with E-state index in [1.54, 1.807) is 0 Å². The number of nitrogens with two attached hydrogens (primary N) is 2. The van der Waals surface area contributed by atoms with Crippen LogP contribution in [0.1, 0.15) is 46.2 Å². The molecular weight excluding hydrogens is 276 g/mol. The molecule has 1 fully saturated rings.